The van der Waals surface area contributed by atoms with E-state index in [1.165, 1.54) is 0 Å². The van der Waals surface area contributed by atoms with Crippen molar-refractivity contribution >= 4 is 22.5 Å². The SMILES string of the molecule is CNC1=C(C(=N)c2c[nH]c3cc(-c4cn[nH]c4)ccc23)CN(C(C)=O)CC1. The molecule has 0 saturated heterocycles. The van der Waals surface area contributed by atoms with E-state index < -0.39 is 0 Å². The zero-order valence-corrected chi connectivity index (χ0v) is 15.4. The van der Waals surface area contributed by atoms with Crippen LogP contribution in [-0.2, 0) is 4.79 Å². The minimum atomic E-state index is 0.0409. The van der Waals surface area contributed by atoms with Gasteiger partial charge in [-0.3, -0.25) is 15.3 Å². The van der Waals surface area contributed by atoms with Crippen molar-refractivity contribution in [1.82, 2.24) is 25.4 Å². The minimum Gasteiger partial charge on any atom is -0.391 e. The highest BCUT2D eigenvalue weighted by Gasteiger charge is 2.24. The lowest BCUT2D eigenvalue weighted by Crippen LogP contribution is -2.39. The first-order valence-electron chi connectivity index (χ1n) is 8.93. The summed E-state index contributed by atoms with van der Waals surface area (Å²) in [6.45, 7) is 2.73. The van der Waals surface area contributed by atoms with Crippen LogP contribution in [0.4, 0.5) is 0 Å². The van der Waals surface area contributed by atoms with Crippen LogP contribution in [0.3, 0.4) is 0 Å². The van der Waals surface area contributed by atoms with Crippen LogP contribution in [0.1, 0.15) is 18.9 Å². The van der Waals surface area contributed by atoms with Crippen molar-refractivity contribution in [1.29, 1.82) is 5.41 Å². The summed E-state index contributed by atoms with van der Waals surface area (Å²) in [5.41, 5.74) is 6.25. The molecular formula is C20H22N6O. The first-order chi connectivity index (χ1) is 13.1. The van der Waals surface area contributed by atoms with Gasteiger partial charge in [0.25, 0.3) is 0 Å². The number of amides is 1. The second kappa shape index (κ2) is 6.75. The molecule has 7 heteroatoms. The molecule has 0 aliphatic carbocycles. The Morgan fingerprint density at radius 2 is 2.15 bits per heavy atom. The molecule has 0 atom stereocenters. The van der Waals surface area contributed by atoms with Crippen LogP contribution in [0.25, 0.3) is 22.0 Å². The maximum atomic E-state index is 11.8. The van der Waals surface area contributed by atoms with Gasteiger partial charge < -0.3 is 15.2 Å². The van der Waals surface area contributed by atoms with Crippen LogP contribution in [0.5, 0.6) is 0 Å². The number of hydrogen-bond donors (Lipinski definition) is 4. The van der Waals surface area contributed by atoms with E-state index in [0.717, 1.165) is 45.3 Å². The monoisotopic (exact) mass is 362 g/mol. The summed E-state index contributed by atoms with van der Waals surface area (Å²) in [6.07, 6.45) is 6.25. The second-order valence-corrected chi connectivity index (χ2v) is 6.72. The van der Waals surface area contributed by atoms with Gasteiger partial charge in [0.05, 0.1) is 11.9 Å². The van der Waals surface area contributed by atoms with Gasteiger partial charge in [0.15, 0.2) is 0 Å². The molecule has 138 valence electrons. The van der Waals surface area contributed by atoms with E-state index in [0.29, 0.717) is 18.8 Å². The van der Waals surface area contributed by atoms with Gasteiger partial charge in [-0.15, -0.1) is 0 Å². The van der Waals surface area contributed by atoms with E-state index >= 15 is 0 Å². The van der Waals surface area contributed by atoms with Gasteiger partial charge in [0.2, 0.25) is 5.91 Å². The predicted octanol–water partition coefficient (Wildman–Crippen LogP) is 2.65. The number of aromatic nitrogens is 3. The Morgan fingerprint density at radius 1 is 1.30 bits per heavy atom. The van der Waals surface area contributed by atoms with Crippen molar-refractivity contribution < 1.29 is 4.79 Å². The van der Waals surface area contributed by atoms with E-state index in [1.54, 1.807) is 18.0 Å². The summed E-state index contributed by atoms with van der Waals surface area (Å²) in [5.74, 6) is 0.0409. The van der Waals surface area contributed by atoms with Crippen molar-refractivity contribution in [3.8, 4) is 11.1 Å². The number of nitrogens with one attached hydrogen (secondary N) is 4. The molecule has 0 spiro atoms. The third-order valence-corrected chi connectivity index (χ3v) is 5.18. The highest BCUT2D eigenvalue weighted by molar-refractivity contribution is 6.18. The Bertz CT molecular complexity index is 1040. The average Bonchev–Trinajstić information content (AvgIpc) is 3.36. The number of H-pyrrole nitrogens is 2. The second-order valence-electron chi connectivity index (χ2n) is 6.72. The van der Waals surface area contributed by atoms with Gasteiger partial charge in [0, 0.05) is 79.2 Å². The van der Waals surface area contributed by atoms with Crippen molar-refractivity contribution in [3.63, 3.8) is 0 Å². The average molecular weight is 362 g/mol. The Labute approximate surface area is 157 Å². The molecule has 4 N–H and O–H groups in total. The quantitative estimate of drug-likeness (QED) is 0.537. The molecule has 0 unspecified atom stereocenters. The van der Waals surface area contributed by atoms with Gasteiger partial charge in [0.1, 0.15) is 0 Å². The molecule has 1 aromatic carbocycles. The maximum absolute atomic E-state index is 11.8. The van der Waals surface area contributed by atoms with Crippen molar-refractivity contribution in [2.45, 2.75) is 13.3 Å². The number of rotatable bonds is 4. The molecule has 1 aliphatic heterocycles. The van der Waals surface area contributed by atoms with Crippen LogP contribution < -0.4 is 5.32 Å². The number of aromatic amines is 2. The lowest BCUT2D eigenvalue weighted by molar-refractivity contribution is -0.128. The summed E-state index contributed by atoms with van der Waals surface area (Å²) in [6, 6.07) is 6.13. The highest BCUT2D eigenvalue weighted by atomic mass is 16.2. The van der Waals surface area contributed by atoms with Gasteiger partial charge in [-0.2, -0.15) is 5.10 Å². The largest absolute Gasteiger partial charge is 0.391 e. The Balaban J connectivity index is 1.72. The summed E-state index contributed by atoms with van der Waals surface area (Å²) in [5, 5.41) is 19.8. The zero-order chi connectivity index (χ0) is 19.0. The Hall–Kier alpha value is -3.35. The van der Waals surface area contributed by atoms with Gasteiger partial charge in [-0.05, 0) is 11.6 Å². The molecule has 3 heterocycles. The summed E-state index contributed by atoms with van der Waals surface area (Å²) in [4.78, 5) is 16.9. The number of benzene rings is 1. The van der Waals surface area contributed by atoms with E-state index in [4.69, 9.17) is 5.41 Å². The van der Waals surface area contributed by atoms with Crippen LogP contribution in [0, 0.1) is 5.41 Å². The molecular weight excluding hydrogens is 340 g/mol. The molecule has 3 aromatic rings. The third-order valence-electron chi connectivity index (χ3n) is 5.18. The first-order valence-corrected chi connectivity index (χ1v) is 8.93. The summed E-state index contributed by atoms with van der Waals surface area (Å²) >= 11 is 0. The molecule has 2 aromatic heterocycles. The first kappa shape index (κ1) is 17.1. The number of fused-ring (bicyclic) bond motifs is 1. The summed E-state index contributed by atoms with van der Waals surface area (Å²) in [7, 11) is 1.87. The van der Waals surface area contributed by atoms with Crippen LogP contribution in [-0.4, -0.2) is 51.8 Å². The lowest BCUT2D eigenvalue weighted by Gasteiger charge is -2.30. The van der Waals surface area contributed by atoms with Gasteiger partial charge in [-0.1, -0.05) is 12.1 Å². The van der Waals surface area contributed by atoms with Crippen molar-refractivity contribution in [2.24, 2.45) is 0 Å². The fraction of sp³-hybridized carbons (Fsp3) is 0.250. The Morgan fingerprint density at radius 3 is 2.85 bits per heavy atom. The summed E-state index contributed by atoms with van der Waals surface area (Å²) < 4.78 is 0. The van der Waals surface area contributed by atoms with Crippen LogP contribution in [0.15, 0.2) is 48.1 Å². The minimum absolute atomic E-state index is 0.0409. The number of carbonyl (C=O) groups is 1. The smallest absolute Gasteiger partial charge is 0.219 e. The molecule has 4 rings (SSSR count). The third kappa shape index (κ3) is 3.01. The number of nitrogens with zero attached hydrogens (tertiary/aromatic N) is 2. The molecule has 1 aliphatic rings. The van der Waals surface area contributed by atoms with E-state index in [9.17, 15) is 4.79 Å². The van der Waals surface area contributed by atoms with Crippen LogP contribution >= 0.6 is 0 Å². The molecule has 0 radical (unpaired) electrons. The number of carbonyl (C=O) groups excluding carboxylic acids is 1. The van der Waals surface area contributed by atoms with Crippen molar-refractivity contribution in [3.05, 3.63) is 53.6 Å². The van der Waals surface area contributed by atoms with Gasteiger partial charge >= 0.3 is 0 Å². The topological polar surface area (TPSA) is 101 Å². The molecule has 27 heavy (non-hydrogen) atoms. The molecule has 1 amide bonds. The molecule has 0 fully saturated rings. The molecule has 0 bridgehead atoms. The van der Waals surface area contributed by atoms with Gasteiger partial charge in [-0.25, -0.2) is 0 Å². The normalized spacial score (nSPS) is 14.7. The Kier molecular flexibility index (Phi) is 4.27. The van der Waals surface area contributed by atoms with E-state index in [1.807, 2.05) is 31.6 Å². The highest BCUT2D eigenvalue weighted by Crippen LogP contribution is 2.28. The van der Waals surface area contributed by atoms with Crippen molar-refractivity contribution in [2.75, 3.05) is 20.1 Å². The fourth-order valence-corrected chi connectivity index (χ4v) is 3.62. The molecule has 0 saturated carbocycles. The maximum Gasteiger partial charge on any atom is 0.219 e. The van der Waals surface area contributed by atoms with E-state index in [2.05, 4.69) is 26.6 Å². The fourth-order valence-electron chi connectivity index (χ4n) is 3.62. The standard InChI is InChI=1S/C20H22N6O/c1-12(27)26-6-5-18(22-2)17(11-26)20(21)16-10-23-19-7-13(3-4-15(16)19)14-8-24-25-9-14/h3-4,7-10,21-23H,5-6,11H2,1-2H3,(H,24,25). The lowest BCUT2D eigenvalue weighted by atomic mass is 9.95. The zero-order valence-electron chi connectivity index (χ0n) is 15.4. The predicted molar refractivity (Wildman–Crippen MR) is 106 cm³/mol. The van der Waals surface area contributed by atoms with Crippen LogP contribution in [0.2, 0.25) is 0 Å². The number of hydrogen-bond acceptors (Lipinski definition) is 4. The molecule has 7 nitrogen and oxygen atoms in total. The van der Waals surface area contributed by atoms with E-state index in [-0.39, 0.29) is 5.91 Å².